The van der Waals surface area contributed by atoms with Crippen molar-refractivity contribution in [2.45, 2.75) is 39.3 Å². The summed E-state index contributed by atoms with van der Waals surface area (Å²) >= 11 is 6.38. The number of anilines is 1. The summed E-state index contributed by atoms with van der Waals surface area (Å²) in [4.78, 5) is 19.4. The highest BCUT2D eigenvalue weighted by atomic mass is 35.5. The Morgan fingerprint density at radius 3 is 2.78 bits per heavy atom. The Labute approximate surface area is 165 Å². The van der Waals surface area contributed by atoms with Gasteiger partial charge in [-0.3, -0.25) is 4.79 Å². The maximum atomic E-state index is 12.8. The molecule has 1 saturated heterocycles. The molecule has 1 fully saturated rings. The van der Waals surface area contributed by atoms with Gasteiger partial charge in [0.15, 0.2) is 0 Å². The molecule has 27 heavy (non-hydrogen) atoms. The van der Waals surface area contributed by atoms with Gasteiger partial charge < -0.3 is 19.5 Å². The molecule has 0 bridgehead atoms. The molecule has 2 aromatic rings. The molecule has 6 nitrogen and oxygen atoms in total. The number of nitrogens with one attached hydrogen (secondary N) is 1. The summed E-state index contributed by atoms with van der Waals surface area (Å²) in [5, 5.41) is 3.52. The fourth-order valence-electron chi connectivity index (χ4n) is 3.65. The summed E-state index contributed by atoms with van der Waals surface area (Å²) in [6.45, 7) is 6.93. The normalized spacial score (nSPS) is 15.0. The molecule has 0 saturated carbocycles. The van der Waals surface area contributed by atoms with Crippen molar-refractivity contribution in [2.75, 3.05) is 24.7 Å². The first-order chi connectivity index (χ1) is 13.0. The van der Waals surface area contributed by atoms with Gasteiger partial charge in [0.1, 0.15) is 0 Å². The number of rotatable bonds is 6. The Bertz CT molecular complexity index is 799. The van der Waals surface area contributed by atoms with E-state index < -0.39 is 0 Å². The van der Waals surface area contributed by atoms with Gasteiger partial charge in [-0.2, -0.15) is 0 Å². The summed E-state index contributed by atoms with van der Waals surface area (Å²) < 4.78 is 7.36. The fraction of sp³-hybridized carbons (Fsp3) is 0.500. The van der Waals surface area contributed by atoms with E-state index in [1.54, 1.807) is 12.4 Å². The van der Waals surface area contributed by atoms with E-state index in [9.17, 15) is 4.79 Å². The van der Waals surface area contributed by atoms with E-state index in [-0.39, 0.29) is 5.91 Å². The van der Waals surface area contributed by atoms with Crippen LogP contribution in [0.5, 0.6) is 0 Å². The number of imidazole rings is 1. The van der Waals surface area contributed by atoms with Crippen molar-refractivity contribution < 1.29 is 9.53 Å². The monoisotopic (exact) mass is 390 g/mol. The number of carbonyl (C=O) groups is 1. The van der Waals surface area contributed by atoms with E-state index in [1.165, 1.54) is 0 Å². The Balaban J connectivity index is 1.82. The molecule has 0 spiro atoms. The largest absolute Gasteiger partial charge is 0.381 e. The van der Waals surface area contributed by atoms with Crippen molar-refractivity contribution in [2.24, 2.45) is 7.05 Å². The van der Waals surface area contributed by atoms with Crippen LogP contribution in [-0.4, -0.2) is 41.3 Å². The molecule has 0 atom stereocenters. The SMILES string of the molecule is CCN(c1cc(Cl)cc(C(=O)NCc2cn(C)cn2)c1C)C1CCOCC1. The minimum atomic E-state index is -0.134. The highest BCUT2D eigenvalue weighted by Gasteiger charge is 2.24. The van der Waals surface area contributed by atoms with Gasteiger partial charge in [0, 0.05) is 55.3 Å². The minimum absolute atomic E-state index is 0.134. The van der Waals surface area contributed by atoms with Crippen LogP contribution in [-0.2, 0) is 18.3 Å². The van der Waals surface area contributed by atoms with Crippen molar-refractivity contribution >= 4 is 23.2 Å². The lowest BCUT2D eigenvalue weighted by molar-refractivity contribution is 0.0846. The van der Waals surface area contributed by atoms with Gasteiger partial charge in [-0.15, -0.1) is 0 Å². The number of carbonyl (C=O) groups excluding carboxylic acids is 1. The summed E-state index contributed by atoms with van der Waals surface area (Å²) in [5.41, 5.74) is 3.41. The van der Waals surface area contributed by atoms with E-state index in [2.05, 4.69) is 22.1 Å². The number of nitrogens with zero attached hydrogens (tertiary/aromatic N) is 3. The van der Waals surface area contributed by atoms with Crippen LogP contribution in [0, 0.1) is 6.92 Å². The highest BCUT2D eigenvalue weighted by Crippen LogP contribution is 2.31. The fourth-order valence-corrected chi connectivity index (χ4v) is 3.86. The van der Waals surface area contributed by atoms with Gasteiger partial charge in [-0.05, 0) is 44.4 Å². The van der Waals surface area contributed by atoms with Crippen LogP contribution in [0.4, 0.5) is 5.69 Å². The number of aryl methyl sites for hydroxylation is 1. The van der Waals surface area contributed by atoms with E-state index in [0.717, 1.165) is 49.5 Å². The quantitative estimate of drug-likeness (QED) is 0.822. The maximum Gasteiger partial charge on any atom is 0.251 e. The lowest BCUT2D eigenvalue weighted by Gasteiger charge is -2.36. The van der Waals surface area contributed by atoms with E-state index in [0.29, 0.717) is 23.2 Å². The van der Waals surface area contributed by atoms with Gasteiger partial charge in [-0.1, -0.05) is 11.6 Å². The number of amides is 1. The van der Waals surface area contributed by atoms with Gasteiger partial charge >= 0.3 is 0 Å². The zero-order valence-corrected chi connectivity index (χ0v) is 16.9. The van der Waals surface area contributed by atoms with E-state index >= 15 is 0 Å². The van der Waals surface area contributed by atoms with Gasteiger partial charge in [0.25, 0.3) is 5.91 Å². The molecule has 2 heterocycles. The van der Waals surface area contributed by atoms with E-state index in [1.807, 2.05) is 30.8 Å². The Morgan fingerprint density at radius 1 is 1.41 bits per heavy atom. The number of hydrogen-bond acceptors (Lipinski definition) is 4. The third-order valence-electron chi connectivity index (χ3n) is 5.06. The molecule has 1 aliphatic heterocycles. The standard InChI is InChI=1S/C20H27ClN4O2/c1-4-25(17-5-7-27-8-6-17)19-10-15(21)9-18(14(19)2)20(26)22-11-16-12-24(3)13-23-16/h9-10,12-13,17H,4-8,11H2,1-3H3,(H,22,26). The molecule has 7 heteroatoms. The van der Waals surface area contributed by atoms with Crippen LogP contribution < -0.4 is 10.2 Å². The first kappa shape index (κ1) is 19.7. The minimum Gasteiger partial charge on any atom is -0.381 e. The average Bonchev–Trinajstić information content (AvgIpc) is 3.09. The van der Waals surface area contributed by atoms with Crippen molar-refractivity contribution in [3.63, 3.8) is 0 Å². The zero-order chi connectivity index (χ0) is 19.4. The van der Waals surface area contributed by atoms with E-state index in [4.69, 9.17) is 16.3 Å². The van der Waals surface area contributed by atoms with Crippen molar-refractivity contribution in [3.8, 4) is 0 Å². The van der Waals surface area contributed by atoms with Gasteiger partial charge in [0.05, 0.1) is 18.6 Å². The molecule has 146 valence electrons. The van der Waals surface area contributed by atoms with Crippen LogP contribution in [0.15, 0.2) is 24.7 Å². The predicted octanol–water partition coefficient (Wildman–Crippen LogP) is 3.32. The van der Waals surface area contributed by atoms with Crippen LogP contribution >= 0.6 is 11.6 Å². The first-order valence-electron chi connectivity index (χ1n) is 9.39. The van der Waals surface area contributed by atoms with Crippen molar-refractivity contribution in [1.82, 2.24) is 14.9 Å². The molecule has 1 amide bonds. The average molecular weight is 391 g/mol. The molecule has 1 aromatic heterocycles. The van der Waals surface area contributed by atoms with Crippen LogP contribution in [0.25, 0.3) is 0 Å². The Kier molecular flexibility index (Phi) is 6.39. The van der Waals surface area contributed by atoms with Crippen LogP contribution in [0.2, 0.25) is 5.02 Å². The summed E-state index contributed by atoms with van der Waals surface area (Å²) in [6.07, 6.45) is 5.58. The summed E-state index contributed by atoms with van der Waals surface area (Å²) in [5.74, 6) is -0.134. The lowest BCUT2D eigenvalue weighted by Crippen LogP contribution is -2.40. The number of halogens is 1. The second-order valence-corrected chi connectivity index (χ2v) is 7.38. The maximum absolute atomic E-state index is 12.8. The first-order valence-corrected chi connectivity index (χ1v) is 9.77. The summed E-state index contributed by atoms with van der Waals surface area (Å²) in [6, 6.07) is 4.11. The number of aromatic nitrogens is 2. The number of ether oxygens (including phenoxy) is 1. The third-order valence-corrected chi connectivity index (χ3v) is 5.28. The molecule has 1 aromatic carbocycles. The van der Waals surface area contributed by atoms with Gasteiger partial charge in [-0.25, -0.2) is 4.98 Å². The van der Waals surface area contributed by atoms with Crippen LogP contribution in [0.3, 0.4) is 0 Å². The molecule has 3 rings (SSSR count). The molecule has 0 aliphatic carbocycles. The number of benzene rings is 1. The molecule has 0 unspecified atom stereocenters. The smallest absolute Gasteiger partial charge is 0.251 e. The molecular formula is C20H27ClN4O2. The number of hydrogen-bond donors (Lipinski definition) is 1. The zero-order valence-electron chi connectivity index (χ0n) is 16.2. The molecule has 1 aliphatic rings. The molecule has 1 N–H and O–H groups in total. The molecule has 0 radical (unpaired) electrons. The van der Waals surface area contributed by atoms with Gasteiger partial charge in [0.2, 0.25) is 0 Å². The Morgan fingerprint density at radius 2 is 2.15 bits per heavy atom. The Hall–Kier alpha value is -2.05. The third kappa shape index (κ3) is 4.62. The molecular weight excluding hydrogens is 364 g/mol. The second kappa shape index (κ2) is 8.76. The topological polar surface area (TPSA) is 59.4 Å². The van der Waals surface area contributed by atoms with Crippen molar-refractivity contribution in [3.05, 3.63) is 46.5 Å². The predicted molar refractivity (Wildman–Crippen MR) is 107 cm³/mol. The summed E-state index contributed by atoms with van der Waals surface area (Å²) in [7, 11) is 1.90. The highest BCUT2D eigenvalue weighted by molar-refractivity contribution is 6.31. The second-order valence-electron chi connectivity index (χ2n) is 6.94. The lowest BCUT2D eigenvalue weighted by atomic mass is 10.0. The van der Waals surface area contributed by atoms with Crippen LogP contribution in [0.1, 0.15) is 41.4 Å². The van der Waals surface area contributed by atoms with Crippen molar-refractivity contribution in [1.29, 1.82) is 0 Å².